The van der Waals surface area contributed by atoms with E-state index in [1.807, 2.05) is 0 Å². The Labute approximate surface area is 195 Å². The van der Waals surface area contributed by atoms with Crippen molar-refractivity contribution in [1.82, 2.24) is 0 Å². The third-order valence-electron chi connectivity index (χ3n) is 12.2. The van der Waals surface area contributed by atoms with Gasteiger partial charge in [0.05, 0.1) is 6.10 Å². The number of rotatable bonds is 5. The van der Waals surface area contributed by atoms with Crippen molar-refractivity contribution in [2.75, 3.05) is 0 Å². The number of fused-ring (bicyclic) bond motifs is 3. The van der Waals surface area contributed by atoms with E-state index >= 15 is 0 Å². The van der Waals surface area contributed by atoms with Crippen molar-refractivity contribution in [1.29, 1.82) is 0 Å². The second-order valence-electron chi connectivity index (χ2n) is 13.7. The van der Waals surface area contributed by atoms with Gasteiger partial charge in [-0.15, -0.1) is 0 Å². The predicted octanol–water partition coefficient (Wildman–Crippen LogP) is 5.88. The molecule has 6 aliphatic rings. The van der Waals surface area contributed by atoms with E-state index in [0.29, 0.717) is 17.8 Å². The molecule has 3 heteroatoms. The number of aliphatic hydroxyl groups excluding tert-OH is 2. The van der Waals surface area contributed by atoms with E-state index in [2.05, 4.69) is 34.6 Å². The van der Waals surface area contributed by atoms with E-state index in [9.17, 15) is 10.2 Å². The molecule has 0 aromatic heterocycles. The number of epoxide rings is 1. The Hall–Kier alpha value is -0.380. The van der Waals surface area contributed by atoms with Crippen LogP contribution in [0.1, 0.15) is 98.8 Å². The normalized spacial score (nSPS) is 55.4. The topological polar surface area (TPSA) is 53.0 Å². The molecule has 12 atom stereocenters. The minimum Gasteiger partial charge on any atom is -0.393 e. The molecule has 0 aromatic carbocycles. The van der Waals surface area contributed by atoms with Crippen LogP contribution in [0, 0.1) is 46.3 Å². The van der Waals surface area contributed by atoms with Crippen LogP contribution >= 0.6 is 0 Å². The maximum atomic E-state index is 11.5. The molecule has 1 saturated heterocycles. The van der Waals surface area contributed by atoms with Gasteiger partial charge >= 0.3 is 0 Å². The molecular weight excluding hydrogens is 396 g/mol. The highest BCUT2D eigenvalue weighted by atomic mass is 16.6. The van der Waals surface area contributed by atoms with Gasteiger partial charge in [0, 0.05) is 11.8 Å². The van der Waals surface area contributed by atoms with Crippen molar-refractivity contribution in [2.24, 2.45) is 46.3 Å². The van der Waals surface area contributed by atoms with Crippen LogP contribution in [0.2, 0.25) is 0 Å². The monoisotopic (exact) mass is 442 g/mol. The summed E-state index contributed by atoms with van der Waals surface area (Å²) in [5.41, 5.74) is 2.99. The zero-order chi connectivity index (χ0) is 22.6. The van der Waals surface area contributed by atoms with Gasteiger partial charge < -0.3 is 14.9 Å². The molecule has 0 radical (unpaired) electrons. The van der Waals surface area contributed by atoms with E-state index in [4.69, 9.17) is 4.74 Å². The van der Waals surface area contributed by atoms with E-state index in [1.165, 1.54) is 49.7 Å². The van der Waals surface area contributed by atoms with Gasteiger partial charge in [-0.2, -0.15) is 0 Å². The lowest BCUT2D eigenvalue weighted by molar-refractivity contribution is -0.00164. The summed E-state index contributed by atoms with van der Waals surface area (Å²) in [6.07, 6.45) is 11.0. The standard InChI is InChI=1S/C29H46O3/c1-16(20-14-18(20)3)6-7-17(2)21-8-9-22-24-23(11-12-27(21,22)4)28(5)13-10-19(30)15-29(28)26(32-29)25(24)31/h16-22,25-26,30-31H,6-15H2,1-5H3. The lowest BCUT2D eigenvalue weighted by Gasteiger charge is -2.54. The molecule has 6 rings (SSSR count). The maximum absolute atomic E-state index is 11.5. The summed E-state index contributed by atoms with van der Waals surface area (Å²) in [6, 6.07) is 0. The Kier molecular flexibility index (Phi) is 4.89. The molecule has 5 aliphatic carbocycles. The third-order valence-corrected chi connectivity index (χ3v) is 12.2. The van der Waals surface area contributed by atoms with Crippen LogP contribution in [0.25, 0.3) is 0 Å². The van der Waals surface area contributed by atoms with Gasteiger partial charge in [0.2, 0.25) is 0 Å². The molecule has 0 bridgehead atoms. The second-order valence-corrected chi connectivity index (χ2v) is 13.7. The molecule has 0 amide bonds. The number of aliphatic hydroxyl groups is 2. The summed E-state index contributed by atoms with van der Waals surface area (Å²) >= 11 is 0. The van der Waals surface area contributed by atoms with Crippen LogP contribution in [0.5, 0.6) is 0 Å². The van der Waals surface area contributed by atoms with Crippen molar-refractivity contribution in [3.05, 3.63) is 11.1 Å². The highest BCUT2D eigenvalue weighted by Crippen LogP contribution is 2.72. The summed E-state index contributed by atoms with van der Waals surface area (Å²) in [5, 5.41) is 21.9. The lowest BCUT2D eigenvalue weighted by Crippen LogP contribution is -2.55. The summed E-state index contributed by atoms with van der Waals surface area (Å²) in [4.78, 5) is 0. The zero-order valence-electron chi connectivity index (χ0n) is 21.1. The Morgan fingerprint density at radius 1 is 1.03 bits per heavy atom. The average Bonchev–Trinajstić information content (AvgIpc) is 3.63. The van der Waals surface area contributed by atoms with Crippen molar-refractivity contribution in [3.8, 4) is 0 Å². The molecule has 180 valence electrons. The van der Waals surface area contributed by atoms with E-state index in [-0.39, 0.29) is 23.2 Å². The van der Waals surface area contributed by atoms with E-state index in [0.717, 1.165) is 48.9 Å². The van der Waals surface area contributed by atoms with Gasteiger partial charge in [0.1, 0.15) is 17.8 Å². The number of ether oxygens (including phenoxy) is 1. The van der Waals surface area contributed by atoms with Gasteiger partial charge in [-0.1, -0.05) is 53.0 Å². The first kappa shape index (κ1) is 22.1. The Balaban J connectivity index is 1.24. The molecule has 3 nitrogen and oxygen atoms in total. The maximum Gasteiger partial charge on any atom is 0.118 e. The fourth-order valence-corrected chi connectivity index (χ4v) is 9.92. The van der Waals surface area contributed by atoms with E-state index in [1.54, 1.807) is 0 Å². The molecule has 1 heterocycles. The molecule has 0 aromatic rings. The Morgan fingerprint density at radius 2 is 1.75 bits per heavy atom. The van der Waals surface area contributed by atoms with Crippen LogP contribution in [0.15, 0.2) is 11.1 Å². The zero-order valence-corrected chi connectivity index (χ0v) is 21.1. The summed E-state index contributed by atoms with van der Waals surface area (Å²) in [5.74, 6) is 4.93. The van der Waals surface area contributed by atoms with Gasteiger partial charge in [0.25, 0.3) is 0 Å². The first-order valence-electron chi connectivity index (χ1n) is 13.9. The van der Waals surface area contributed by atoms with Crippen LogP contribution < -0.4 is 0 Å². The second kappa shape index (κ2) is 7.08. The Morgan fingerprint density at radius 3 is 2.47 bits per heavy atom. The van der Waals surface area contributed by atoms with Crippen molar-refractivity contribution < 1.29 is 14.9 Å². The average molecular weight is 443 g/mol. The number of hydrogen-bond donors (Lipinski definition) is 2. The lowest BCUT2D eigenvalue weighted by atomic mass is 9.49. The molecule has 1 spiro atoms. The fourth-order valence-electron chi connectivity index (χ4n) is 9.92. The molecule has 12 unspecified atom stereocenters. The van der Waals surface area contributed by atoms with Crippen molar-refractivity contribution >= 4 is 0 Å². The van der Waals surface area contributed by atoms with Crippen molar-refractivity contribution in [3.63, 3.8) is 0 Å². The van der Waals surface area contributed by atoms with E-state index < -0.39 is 6.10 Å². The van der Waals surface area contributed by atoms with Gasteiger partial charge in [0.15, 0.2) is 0 Å². The van der Waals surface area contributed by atoms with Gasteiger partial charge in [-0.3, -0.25) is 0 Å². The van der Waals surface area contributed by atoms with Crippen LogP contribution in [-0.2, 0) is 4.74 Å². The summed E-state index contributed by atoms with van der Waals surface area (Å²) in [6.45, 7) is 12.4. The van der Waals surface area contributed by atoms with Crippen LogP contribution in [0.3, 0.4) is 0 Å². The Bertz CT molecular complexity index is 819. The third kappa shape index (κ3) is 2.83. The van der Waals surface area contributed by atoms with Gasteiger partial charge in [-0.05, 0) is 91.4 Å². The molecule has 4 fully saturated rings. The minimum absolute atomic E-state index is 0.0207. The summed E-state index contributed by atoms with van der Waals surface area (Å²) in [7, 11) is 0. The SMILES string of the molecule is CC(CCC(C)C1CCC2C3=C(CCC21C)C1(C)CCC(O)CC12OC2C3O)C1CC1C. The van der Waals surface area contributed by atoms with Crippen molar-refractivity contribution in [2.45, 2.75) is 123 Å². The largest absolute Gasteiger partial charge is 0.393 e. The number of hydrogen-bond acceptors (Lipinski definition) is 3. The summed E-state index contributed by atoms with van der Waals surface area (Å²) < 4.78 is 6.35. The first-order chi connectivity index (χ1) is 15.1. The smallest absolute Gasteiger partial charge is 0.118 e. The molecule has 3 saturated carbocycles. The fraction of sp³-hybridized carbons (Fsp3) is 0.931. The predicted molar refractivity (Wildman–Crippen MR) is 127 cm³/mol. The molecule has 1 aliphatic heterocycles. The molecule has 32 heavy (non-hydrogen) atoms. The van der Waals surface area contributed by atoms with Gasteiger partial charge in [-0.25, -0.2) is 0 Å². The van der Waals surface area contributed by atoms with Crippen LogP contribution in [0.4, 0.5) is 0 Å². The quantitative estimate of drug-likeness (QED) is 0.413. The highest BCUT2D eigenvalue weighted by molar-refractivity contribution is 5.45. The minimum atomic E-state index is -0.446. The molecular formula is C29H46O3. The first-order valence-corrected chi connectivity index (χ1v) is 13.9. The molecule has 2 N–H and O–H groups in total. The van der Waals surface area contributed by atoms with Crippen LogP contribution in [-0.4, -0.2) is 34.1 Å². The highest BCUT2D eigenvalue weighted by Gasteiger charge is 2.76.